The molecule has 0 aliphatic heterocycles. The molecule has 20 heavy (non-hydrogen) atoms. The van der Waals surface area contributed by atoms with Crippen molar-refractivity contribution in [2.75, 3.05) is 0 Å². The molecule has 0 heterocycles. The summed E-state index contributed by atoms with van der Waals surface area (Å²) < 4.78 is 0. The monoisotopic (exact) mass is 342 g/mol. The van der Waals surface area contributed by atoms with Crippen LogP contribution in [0.4, 0.5) is 0 Å². The first kappa shape index (κ1) is 14.3. The number of alkyl halides is 4. The van der Waals surface area contributed by atoms with Crippen molar-refractivity contribution in [3.05, 3.63) is 59.7 Å². The minimum absolute atomic E-state index is 0.652. The fourth-order valence-electron chi connectivity index (χ4n) is 2.49. The largest absolute Gasteiger partial charge is 0.133 e. The molecular weight excluding hydrogens is 334 g/mol. The lowest BCUT2D eigenvalue weighted by atomic mass is 9.97. The van der Waals surface area contributed by atoms with E-state index in [1.54, 1.807) is 0 Å². The van der Waals surface area contributed by atoms with Gasteiger partial charge in [0.05, 0.1) is 0 Å². The van der Waals surface area contributed by atoms with Crippen molar-refractivity contribution >= 4 is 67.9 Å². The summed E-state index contributed by atoms with van der Waals surface area (Å²) in [7, 11) is 0. The van der Waals surface area contributed by atoms with Crippen LogP contribution in [0.5, 0.6) is 0 Å². The molecule has 0 N–H and O–H groups in total. The molecule has 0 saturated heterocycles. The Hall–Kier alpha value is -0.660. The Morgan fingerprint density at radius 2 is 1.30 bits per heavy atom. The van der Waals surface area contributed by atoms with Gasteiger partial charge < -0.3 is 0 Å². The minimum atomic E-state index is -0.671. The van der Waals surface area contributed by atoms with E-state index in [4.69, 9.17) is 46.4 Å². The van der Waals surface area contributed by atoms with Crippen LogP contribution in [0, 0.1) is 0 Å². The van der Waals surface area contributed by atoms with E-state index in [1.165, 1.54) is 5.39 Å². The second-order valence-electron chi connectivity index (χ2n) is 4.59. The molecule has 3 rings (SSSR count). The predicted octanol–water partition coefficient (Wildman–Crippen LogP) is 6.95. The highest BCUT2D eigenvalue weighted by Crippen LogP contribution is 2.41. The van der Waals surface area contributed by atoms with Gasteiger partial charge in [-0.1, -0.05) is 36.4 Å². The molecule has 3 aromatic rings. The number of rotatable bonds is 2. The molecule has 4 heteroatoms. The van der Waals surface area contributed by atoms with Crippen LogP contribution in [0.3, 0.4) is 0 Å². The normalized spacial score (nSPS) is 11.9. The lowest BCUT2D eigenvalue weighted by Gasteiger charge is -2.15. The molecule has 0 aliphatic rings. The SMILES string of the molecule is ClC(Cl)c1ccc2cc3ccccc3cc2c1C(Cl)Cl. The Morgan fingerprint density at radius 3 is 1.90 bits per heavy atom. The second kappa shape index (κ2) is 5.61. The van der Waals surface area contributed by atoms with Crippen molar-refractivity contribution in [1.29, 1.82) is 0 Å². The standard InChI is InChI=1S/C16H10Cl4/c17-15(18)12-6-5-11-7-9-3-1-2-4-10(9)8-13(11)14(12)16(19)20/h1-8,15-16H. The van der Waals surface area contributed by atoms with Crippen LogP contribution >= 0.6 is 46.4 Å². The first-order chi connectivity index (χ1) is 9.58. The van der Waals surface area contributed by atoms with Crippen LogP contribution in [0.15, 0.2) is 48.5 Å². The Kier molecular flexibility index (Phi) is 4.01. The first-order valence-corrected chi connectivity index (χ1v) is 7.84. The predicted molar refractivity (Wildman–Crippen MR) is 90.3 cm³/mol. The number of halogens is 4. The van der Waals surface area contributed by atoms with Gasteiger partial charge in [-0.15, -0.1) is 46.4 Å². The van der Waals surface area contributed by atoms with Crippen molar-refractivity contribution < 1.29 is 0 Å². The van der Waals surface area contributed by atoms with Gasteiger partial charge in [0.2, 0.25) is 0 Å². The van der Waals surface area contributed by atoms with Crippen LogP contribution < -0.4 is 0 Å². The molecule has 0 atom stereocenters. The first-order valence-electron chi connectivity index (χ1n) is 6.09. The van der Waals surface area contributed by atoms with Gasteiger partial charge in [0.1, 0.15) is 9.67 Å². The average molecular weight is 344 g/mol. The molecule has 0 aliphatic carbocycles. The maximum Gasteiger partial charge on any atom is 0.133 e. The maximum atomic E-state index is 6.13. The Bertz CT molecular complexity index is 778. The van der Waals surface area contributed by atoms with E-state index in [2.05, 4.69) is 24.3 Å². The summed E-state index contributed by atoms with van der Waals surface area (Å²) in [6, 6.07) is 16.2. The third kappa shape index (κ3) is 2.46. The number of hydrogen-bond donors (Lipinski definition) is 0. The summed E-state index contributed by atoms with van der Waals surface area (Å²) >= 11 is 24.3. The highest BCUT2D eigenvalue weighted by Gasteiger charge is 2.18. The van der Waals surface area contributed by atoms with E-state index in [1.807, 2.05) is 24.3 Å². The van der Waals surface area contributed by atoms with Gasteiger partial charge in [-0.25, -0.2) is 0 Å². The lowest BCUT2D eigenvalue weighted by Crippen LogP contribution is -1.95. The van der Waals surface area contributed by atoms with Gasteiger partial charge in [-0.05, 0) is 44.8 Å². The van der Waals surface area contributed by atoms with Crippen LogP contribution in [0.1, 0.15) is 20.8 Å². The Labute approximate surface area is 137 Å². The molecule has 0 radical (unpaired) electrons. The number of hydrogen-bond acceptors (Lipinski definition) is 0. The maximum absolute atomic E-state index is 6.13. The summed E-state index contributed by atoms with van der Waals surface area (Å²) in [4.78, 5) is -1.32. The number of fused-ring (bicyclic) bond motifs is 2. The zero-order chi connectivity index (χ0) is 14.3. The highest BCUT2D eigenvalue weighted by molar-refractivity contribution is 6.46. The van der Waals surface area contributed by atoms with Crippen LogP contribution in [0.25, 0.3) is 21.5 Å². The minimum Gasteiger partial charge on any atom is -0.100 e. The second-order valence-corrected chi connectivity index (χ2v) is 6.78. The van der Waals surface area contributed by atoms with E-state index in [0.29, 0.717) is 0 Å². The van der Waals surface area contributed by atoms with Crippen LogP contribution in [0.2, 0.25) is 0 Å². The van der Waals surface area contributed by atoms with Crippen molar-refractivity contribution in [3.8, 4) is 0 Å². The van der Waals surface area contributed by atoms with Crippen molar-refractivity contribution in [3.63, 3.8) is 0 Å². The quantitative estimate of drug-likeness (QED) is 0.349. The topological polar surface area (TPSA) is 0 Å². The van der Waals surface area contributed by atoms with Gasteiger partial charge in [0, 0.05) is 0 Å². The lowest BCUT2D eigenvalue weighted by molar-refractivity contribution is 1.24. The molecule has 0 aromatic heterocycles. The molecule has 102 valence electrons. The van der Waals surface area contributed by atoms with E-state index in [9.17, 15) is 0 Å². The van der Waals surface area contributed by atoms with Crippen LogP contribution in [-0.4, -0.2) is 0 Å². The van der Waals surface area contributed by atoms with Gasteiger partial charge in [-0.3, -0.25) is 0 Å². The summed E-state index contributed by atoms with van der Waals surface area (Å²) in [5.41, 5.74) is 1.54. The van der Waals surface area contributed by atoms with Crippen molar-refractivity contribution in [2.45, 2.75) is 9.67 Å². The van der Waals surface area contributed by atoms with Gasteiger partial charge in [0.15, 0.2) is 0 Å². The molecule has 3 aromatic carbocycles. The van der Waals surface area contributed by atoms with Crippen molar-refractivity contribution in [1.82, 2.24) is 0 Å². The molecule has 0 spiro atoms. The molecule has 0 unspecified atom stereocenters. The third-order valence-electron chi connectivity index (χ3n) is 3.41. The summed E-state index contributed by atoms with van der Waals surface area (Å²) in [6.07, 6.45) is 0. The highest BCUT2D eigenvalue weighted by atomic mass is 35.5. The summed E-state index contributed by atoms with van der Waals surface area (Å²) in [6.45, 7) is 0. The van der Waals surface area contributed by atoms with E-state index in [-0.39, 0.29) is 0 Å². The molecular formula is C16H10Cl4. The fourth-order valence-corrected chi connectivity index (χ4v) is 3.36. The molecule has 0 bridgehead atoms. The smallest absolute Gasteiger partial charge is 0.100 e. The summed E-state index contributed by atoms with van der Waals surface area (Å²) in [5.74, 6) is 0. The Balaban J connectivity index is 2.42. The average Bonchev–Trinajstić information content (AvgIpc) is 2.43. The zero-order valence-electron chi connectivity index (χ0n) is 10.3. The molecule has 0 amide bonds. The van der Waals surface area contributed by atoms with Crippen LogP contribution in [-0.2, 0) is 0 Å². The molecule has 0 fully saturated rings. The van der Waals surface area contributed by atoms with E-state index >= 15 is 0 Å². The number of benzene rings is 3. The third-order valence-corrected chi connectivity index (χ3v) is 4.32. The fraction of sp³-hybridized carbons (Fsp3) is 0.125. The van der Waals surface area contributed by atoms with Gasteiger partial charge in [-0.2, -0.15) is 0 Å². The van der Waals surface area contributed by atoms with Gasteiger partial charge >= 0.3 is 0 Å². The summed E-state index contributed by atoms with van der Waals surface area (Å²) in [5, 5.41) is 4.37. The van der Waals surface area contributed by atoms with Crippen molar-refractivity contribution in [2.24, 2.45) is 0 Å². The zero-order valence-corrected chi connectivity index (χ0v) is 13.3. The Morgan fingerprint density at radius 1 is 0.650 bits per heavy atom. The molecule has 0 saturated carbocycles. The van der Waals surface area contributed by atoms with E-state index in [0.717, 1.165) is 27.3 Å². The van der Waals surface area contributed by atoms with E-state index < -0.39 is 9.67 Å². The molecule has 0 nitrogen and oxygen atoms in total. The van der Waals surface area contributed by atoms with Gasteiger partial charge in [0.25, 0.3) is 0 Å².